The quantitative estimate of drug-likeness (QED) is 0.654. The number of aryl methyl sites for hydroxylation is 2. The standard InChI is InChI=1S/C12H18N2O2S/c1-8-5-9(2)14-10(6-8)17-7-12(3,13)11(15)16-4/h5-6H,7,13H2,1-4H3. The highest BCUT2D eigenvalue weighted by Crippen LogP contribution is 2.21. The molecule has 1 heterocycles. The third kappa shape index (κ3) is 4.02. The van der Waals surface area contributed by atoms with Gasteiger partial charge in [0.1, 0.15) is 5.54 Å². The Morgan fingerprint density at radius 2 is 2.18 bits per heavy atom. The molecule has 1 rings (SSSR count). The van der Waals surface area contributed by atoms with Crippen LogP contribution < -0.4 is 5.73 Å². The number of pyridine rings is 1. The number of nitrogens with zero attached hydrogens (tertiary/aromatic N) is 1. The molecular formula is C12H18N2O2S. The zero-order chi connectivity index (χ0) is 13.1. The van der Waals surface area contributed by atoms with E-state index in [1.165, 1.54) is 18.9 Å². The molecule has 0 aliphatic rings. The number of thioether (sulfide) groups is 1. The first kappa shape index (κ1) is 14.0. The Hall–Kier alpha value is -1.07. The minimum absolute atomic E-state index is 0.408. The maximum Gasteiger partial charge on any atom is 0.326 e. The molecule has 17 heavy (non-hydrogen) atoms. The van der Waals surface area contributed by atoms with Gasteiger partial charge >= 0.3 is 5.97 Å². The van der Waals surface area contributed by atoms with Crippen molar-refractivity contribution in [1.29, 1.82) is 0 Å². The molecule has 5 heteroatoms. The van der Waals surface area contributed by atoms with Crippen molar-refractivity contribution in [3.05, 3.63) is 23.4 Å². The molecule has 0 fully saturated rings. The first-order chi connectivity index (χ1) is 7.85. The number of hydrogen-bond acceptors (Lipinski definition) is 5. The van der Waals surface area contributed by atoms with Crippen LogP contribution in [-0.4, -0.2) is 29.4 Å². The highest BCUT2D eigenvalue weighted by Gasteiger charge is 2.29. The Morgan fingerprint density at radius 3 is 2.71 bits per heavy atom. The second-order valence-electron chi connectivity index (χ2n) is 4.32. The molecule has 1 aromatic rings. The van der Waals surface area contributed by atoms with Crippen molar-refractivity contribution in [3.63, 3.8) is 0 Å². The summed E-state index contributed by atoms with van der Waals surface area (Å²) >= 11 is 1.46. The van der Waals surface area contributed by atoms with Crippen LogP contribution in [0, 0.1) is 13.8 Å². The third-order valence-electron chi connectivity index (χ3n) is 2.25. The number of rotatable bonds is 4. The normalized spacial score (nSPS) is 14.2. The molecular weight excluding hydrogens is 236 g/mol. The second-order valence-corrected chi connectivity index (χ2v) is 5.32. The smallest absolute Gasteiger partial charge is 0.326 e. The highest BCUT2D eigenvalue weighted by molar-refractivity contribution is 7.99. The molecule has 0 saturated carbocycles. The number of methoxy groups -OCH3 is 1. The minimum atomic E-state index is -0.987. The molecule has 0 radical (unpaired) electrons. The van der Waals surface area contributed by atoms with Crippen molar-refractivity contribution in [2.75, 3.05) is 12.9 Å². The van der Waals surface area contributed by atoms with Crippen molar-refractivity contribution in [3.8, 4) is 0 Å². The van der Waals surface area contributed by atoms with E-state index in [1.807, 2.05) is 26.0 Å². The van der Waals surface area contributed by atoms with Crippen LogP contribution in [-0.2, 0) is 9.53 Å². The van der Waals surface area contributed by atoms with Crippen LogP contribution in [0.4, 0.5) is 0 Å². The van der Waals surface area contributed by atoms with Gasteiger partial charge in [0.05, 0.1) is 12.1 Å². The Balaban J connectivity index is 2.70. The predicted octanol–water partition coefficient (Wildman–Crippen LogP) is 1.68. The molecule has 1 aromatic heterocycles. The van der Waals surface area contributed by atoms with E-state index in [0.29, 0.717) is 5.75 Å². The van der Waals surface area contributed by atoms with E-state index < -0.39 is 11.5 Å². The summed E-state index contributed by atoms with van der Waals surface area (Å²) in [5.41, 5.74) is 7.00. The van der Waals surface area contributed by atoms with Crippen LogP contribution in [0.15, 0.2) is 17.2 Å². The fourth-order valence-corrected chi connectivity index (χ4v) is 2.44. The summed E-state index contributed by atoms with van der Waals surface area (Å²) in [6.45, 7) is 5.62. The SMILES string of the molecule is COC(=O)C(C)(N)CSc1cc(C)cc(C)n1. The molecule has 0 aliphatic heterocycles. The summed E-state index contributed by atoms with van der Waals surface area (Å²) in [6.07, 6.45) is 0. The average Bonchev–Trinajstić information content (AvgIpc) is 2.24. The van der Waals surface area contributed by atoms with Gasteiger partial charge in [-0.1, -0.05) is 0 Å². The summed E-state index contributed by atoms with van der Waals surface area (Å²) in [7, 11) is 1.34. The second kappa shape index (κ2) is 5.51. The van der Waals surface area contributed by atoms with Crippen LogP contribution >= 0.6 is 11.8 Å². The lowest BCUT2D eigenvalue weighted by atomic mass is 10.1. The van der Waals surface area contributed by atoms with E-state index in [4.69, 9.17) is 5.73 Å². The maximum atomic E-state index is 11.4. The van der Waals surface area contributed by atoms with Gasteiger partial charge in [-0.05, 0) is 38.5 Å². The average molecular weight is 254 g/mol. The zero-order valence-electron chi connectivity index (χ0n) is 10.6. The van der Waals surface area contributed by atoms with E-state index in [-0.39, 0.29) is 0 Å². The molecule has 0 bridgehead atoms. The molecule has 4 nitrogen and oxygen atoms in total. The van der Waals surface area contributed by atoms with Crippen molar-refractivity contribution in [2.45, 2.75) is 31.3 Å². The van der Waals surface area contributed by atoms with Gasteiger partial charge in [-0.3, -0.25) is 4.79 Å². The lowest BCUT2D eigenvalue weighted by Gasteiger charge is -2.20. The van der Waals surface area contributed by atoms with Gasteiger partial charge in [0, 0.05) is 11.4 Å². The fourth-order valence-electron chi connectivity index (χ4n) is 1.39. The number of esters is 1. The van der Waals surface area contributed by atoms with E-state index in [1.54, 1.807) is 6.92 Å². The highest BCUT2D eigenvalue weighted by atomic mass is 32.2. The summed E-state index contributed by atoms with van der Waals surface area (Å²) < 4.78 is 4.65. The molecule has 0 spiro atoms. The molecule has 0 aliphatic carbocycles. The Labute approximate surface area is 106 Å². The molecule has 0 aromatic carbocycles. The minimum Gasteiger partial charge on any atom is -0.468 e. The van der Waals surface area contributed by atoms with Crippen molar-refractivity contribution < 1.29 is 9.53 Å². The number of aromatic nitrogens is 1. The monoisotopic (exact) mass is 254 g/mol. The summed E-state index contributed by atoms with van der Waals surface area (Å²) in [4.78, 5) is 15.8. The molecule has 0 amide bonds. The molecule has 1 unspecified atom stereocenters. The van der Waals surface area contributed by atoms with Crippen LogP contribution in [0.1, 0.15) is 18.2 Å². The van der Waals surface area contributed by atoms with Gasteiger partial charge in [0.25, 0.3) is 0 Å². The first-order valence-corrected chi connectivity index (χ1v) is 6.29. The van der Waals surface area contributed by atoms with Gasteiger partial charge in [-0.25, -0.2) is 4.98 Å². The van der Waals surface area contributed by atoms with E-state index in [9.17, 15) is 4.79 Å². The van der Waals surface area contributed by atoms with E-state index in [2.05, 4.69) is 9.72 Å². The van der Waals surface area contributed by atoms with E-state index >= 15 is 0 Å². The molecule has 2 N–H and O–H groups in total. The predicted molar refractivity (Wildman–Crippen MR) is 69.0 cm³/mol. The Morgan fingerprint density at radius 1 is 1.53 bits per heavy atom. The first-order valence-electron chi connectivity index (χ1n) is 5.30. The van der Waals surface area contributed by atoms with Crippen molar-refractivity contribution in [1.82, 2.24) is 4.98 Å². The van der Waals surface area contributed by atoms with Crippen LogP contribution in [0.5, 0.6) is 0 Å². The van der Waals surface area contributed by atoms with Gasteiger partial charge in [-0.2, -0.15) is 0 Å². The lowest BCUT2D eigenvalue weighted by molar-refractivity contribution is -0.145. The summed E-state index contributed by atoms with van der Waals surface area (Å²) in [6, 6.07) is 3.98. The maximum absolute atomic E-state index is 11.4. The fraction of sp³-hybridized carbons (Fsp3) is 0.500. The number of carbonyl (C=O) groups is 1. The van der Waals surface area contributed by atoms with Gasteiger partial charge < -0.3 is 10.5 Å². The summed E-state index contributed by atoms with van der Waals surface area (Å²) in [5.74, 6) is 0.0321. The Kier molecular flexibility index (Phi) is 4.54. The summed E-state index contributed by atoms with van der Waals surface area (Å²) in [5, 5.41) is 0.878. The molecule has 0 saturated heterocycles. The lowest BCUT2D eigenvalue weighted by Crippen LogP contribution is -2.48. The Bertz CT molecular complexity index is 399. The molecule has 1 atom stereocenters. The van der Waals surface area contributed by atoms with Gasteiger partial charge in [-0.15, -0.1) is 11.8 Å². The zero-order valence-corrected chi connectivity index (χ0v) is 11.4. The number of hydrogen-bond donors (Lipinski definition) is 1. The van der Waals surface area contributed by atoms with Crippen LogP contribution in [0.3, 0.4) is 0 Å². The van der Waals surface area contributed by atoms with Crippen molar-refractivity contribution >= 4 is 17.7 Å². The van der Waals surface area contributed by atoms with Crippen LogP contribution in [0.25, 0.3) is 0 Å². The largest absolute Gasteiger partial charge is 0.468 e. The third-order valence-corrected chi connectivity index (χ3v) is 3.49. The topological polar surface area (TPSA) is 65.2 Å². The van der Waals surface area contributed by atoms with Gasteiger partial charge in [0.15, 0.2) is 0 Å². The number of ether oxygens (including phenoxy) is 1. The van der Waals surface area contributed by atoms with Crippen LogP contribution in [0.2, 0.25) is 0 Å². The number of nitrogens with two attached hydrogens (primary N) is 1. The van der Waals surface area contributed by atoms with Gasteiger partial charge in [0.2, 0.25) is 0 Å². The number of carbonyl (C=O) groups excluding carboxylic acids is 1. The van der Waals surface area contributed by atoms with Crippen molar-refractivity contribution in [2.24, 2.45) is 5.73 Å². The van der Waals surface area contributed by atoms with E-state index in [0.717, 1.165) is 16.3 Å². The molecule has 94 valence electrons.